The third kappa shape index (κ3) is 10.5. The van der Waals surface area contributed by atoms with E-state index in [1.54, 1.807) is 0 Å². The summed E-state index contributed by atoms with van der Waals surface area (Å²) in [7, 11) is -20.7. The van der Waals surface area contributed by atoms with Crippen LogP contribution in [0.5, 0.6) is 0 Å². The predicted molar refractivity (Wildman–Crippen MR) is 78.8 cm³/mol. The first-order valence-corrected chi connectivity index (χ1v) is 11.9. The van der Waals surface area contributed by atoms with Gasteiger partial charge in [0.2, 0.25) is 0 Å². The Morgan fingerprint density at radius 3 is 0.591 bits per heavy atom. The Morgan fingerprint density at radius 2 is 0.523 bits per heavy atom. The third-order valence-electron chi connectivity index (χ3n) is 3.15. The first-order valence-electron chi connectivity index (χ1n) is 7.60. The molecule has 0 unspecified atom stereocenters. The topological polar surface area (TPSA) is 169 Å². The smallest absolute Gasteiger partial charge is 0.743 e. The molecule has 0 aliphatic heterocycles. The average Bonchev–Trinajstić information content (AvgIpc) is 2.63. The Labute approximate surface area is 251 Å². The molecule has 9 nitrogen and oxygen atoms in total. The summed E-state index contributed by atoms with van der Waals surface area (Å²) in [5.74, 6) is -29.6. The molecule has 0 aliphatic carbocycles. The van der Waals surface area contributed by atoms with Crippen LogP contribution in [0.2, 0.25) is 0 Å². The van der Waals surface area contributed by atoms with E-state index >= 15 is 0 Å². The molecule has 258 valence electrons. The molecule has 0 aromatic heterocycles. The van der Waals surface area contributed by atoms with Crippen molar-refractivity contribution in [1.29, 1.82) is 0 Å². The fourth-order valence-corrected chi connectivity index (χ4v) is 1.92. The van der Waals surface area contributed by atoms with Crippen molar-refractivity contribution in [1.82, 2.24) is 0 Å². The quantitative estimate of drug-likeness (QED) is 0.144. The molecular weight excluding hydrogens is 761 g/mol. The van der Waals surface area contributed by atoms with Crippen molar-refractivity contribution in [2.45, 2.75) is 52.1 Å². The van der Waals surface area contributed by atoms with E-state index in [-0.39, 0.29) is 37.7 Å². The van der Waals surface area contributed by atoms with Gasteiger partial charge in [-0.05, 0) is 0 Å². The summed E-state index contributed by atoms with van der Waals surface area (Å²) in [5.41, 5.74) is -5.53. The summed E-state index contributed by atoms with van der Waals surface area (Å²) in [6.45, 7) is 0. The molecule has 0 saturated heterocycles. The summed E-state index contributed by atoms with van der Waals surface area (Å²) in [6.07, 6.45) is -14.3. The van der Waals surface area contributed by atoms with Crippen LogP contribution in [-0.2, 0) is 30.4 Å². The van der Waals surface area contributed by atoms with Gasteiger partial charge < -0.3 is 9.11 Å². The minimum absolute atomic E-state index is 0. The summed E-state index contributed by atoms with van der Waals surface area (Å²) in [6, 6.07) is 0. The summed E-state index contributed by atoms with van der Waals surface area (Å²) in [5, 5.41) is -14.2. The molecule has 0 heterocycles. The van der Waals surface area contributed by atoms with E-state index in [1.807, 2.05) is 0 Å². The summed E-state index contributed by atoms with van der Waals surface area (Å²) in [4.78, 5) is 0. The molecule has 0 spiro atoms. The fourth-order valence-electron chi connectivity index (χ4n) is 1.04. The fraction of sp³-hybridized carbons (Fsp3) is 1.00. The largest absolute Gasteiger partial charge is 1.00 e. The molecule has 0 rings (SSSR count). The Balaban J connectivity index is -0.000000179. The van der Waals surface area contributed by atoms with E-state index in [9.17, 15) is 118 Å². The van der Waals surface area contributed by atoms with Crippen LogP contribution in [0.15, 0.2) is 0 Å². The molecule has 1 N–H and O–H groups in total. The van der Waals surface area contributed by atoms with Gasteiger partial charge in [-0.2, -0.15) is 101 Å². The molecule has 0 aliphatic rings. The van der Waals surface area contributed by atoms with Gasteiger partial charge in [0, 0.05) is 0 Å². The van der Waals surface area contributed by atoms with Crippen LogP contribution in [0.1, 0.15) is 0 Å². The standard InChI is InChI=1S/2C4HF9O3S.CHF3O3S.2Li/c2*5-1(6,3(9,10)11)2(7,8)4(12,13)17(14,15)16;2-1(3,4)8(5,6)7;;/h2*(H,14,15,16);(H,5,6,7);;/q;;;2*+1/p-2. The second kappa shape index (κ2) is 14.3. The molecule has 0 atom stereocenters. The summed E-state index contributed by atoms with van der Waals surface area (Å²) < 4.78 is 328. The van der Waals surface area contributed by atoms with Gasteiger partial charge in [-0.25, -0.2) is 16.8 Å². The van der Waals surface area contributed by atoms with Gasteiger partial charge in [0.25, 0.3) is 0 Å². The average molecular weight is 762 g/mol. The second-order valence-electron chi connectivity index (χ2n) is 6.16. The number of hydrogen-bond donors (Lipinski definition) is 1. The van der Waals surface area contributed by atoms with Crippen molar-refractivity contribution < 1.29 is 169 Å². The molecule has 44 heavy (non-hydrogen) atoms. The van der Waals surface area contributed by atoms with Gasteiger partial charge in [-0.3, -0.25) is 4.55 Å². The van der Waals surface area contributed by atoms with Crippen molar-refractivity contribution in [3.05, 3.63) is 0 Å². The van der Waals surface area contributed by atoms with Crippen molar-refractivity contribution >= 4 is 30.4 Å². The SMILES string of the molecule is O=S(=O)(O)C(F)(F)F.O=S(=O)([O-])C(F)(F)C(F)(F)C(F)(F)C(F)(F)F.O=S(=O)([O-])C(F)(F)C(F)(F)C(F)(F)C(F)(F)F.[Li+].[Li+]. The Hall–Kier alpha value is -0.545. The van der Waals surface area contributed by atoms with Gasteiger partial charge in [-0.15, -0.1) is 0 Å². The third-order valence-corrected chi connectivity index (χ3v) is 5.51. The summed E-state index contributed by atoms with van der Waals surface area (Å²) >= 11 is 0. The Kier molecular flexibility index (Phi) is 17.2. The minimum Gasteiger partial charge on any atom is -0.743 e. The van der Waals surface area contributed by atoms with Crippen molar-refractivity contribution in [2.24, 2.45) is 0 Å². The minimum atomic E-state index is -7.43. The maximum atomic E-state index is 12.2. The normalized spacial score (nSPS) is 15.0. The molecule has 35 heteroatoms. The van der Waals surface area contributed by atoms with Crippen LogP contribution in [0.3, 0.4) is 0 Å². The van der Waals surface area contributed by atoms with Crippen LogP contribution in [0.4, 0.5) is 92.2 Å². The van der Waals surface area contributed by atoms with Gasteiger partial charge in [0.1, 0.15) is 0 Å². The van der Waals surface area contributed by atoms with Crippen molar-refractivity contribution in [3.8, 4) is 0 Å². The maximum absolute atomic E-state index is 12.2. The van der Waals surface area contributed by atoms with E-state index < -0.39 is 82.4 Å². The van der Waals surface area contributed by atoms with Crippen LogP contribution in [-0.4, -0.2) is 91.0 Å². The second-order valence-corrected chi connectivity index (χ2v) is 10.4. The molecule has 0 radical (unpaired) electrons. The van der Waals surface area contributed by atoms with Gasteiger partial charge >= 0.3 is 99.9 Å². The van der Waals surface area contributed by atoms with E-state index in [0.29, 0.717) is 0 Å². The monoisotopic (exact) mass is 762 g/mol. The number of halogens is 21. The van der Waals surface area contributed by atoms with E-state index in [0.717, 1.165) is 0 Å². The number of hydrogen-bond acceptors (Lipinski definition) is 8. The number of alkyl halides is 21. The molecule has 0 aromatic carbocycles. The first kappa shape index (κ1) is 53.0. The molecule has 0 amide bonds. The molecule has 0 saturated carbocycles. The van der Waals surface area contributed by atoms with Gasteiger partial charge in [0.05, 0.1) is 0 Å². The van der Waals surface area contributed by atoms with E-state index in [1.165, 1.54) is 0 Å². The van der Waals surface area contributed by atoms with Crippen molar-refractivity contribution in [2.75, 3.05) is 0 Å². The van der Waals surface area contributed by atoms with Crippen molar-refractivity contribution in [3.63, 3.8) is 0 Å². The van der Waals surface area contributed by atoms with E-state index in [2.05, 4.69) is 0 Å². The van der Waals surface area contributed by atoms with E-state index in [4.69, 9.17) is 13.0 Å². The van der Waals surface area contributed by atoms with Gasteiger partial charge in [-0.1, -0.05) is 0 Å². The Morgan fingerprint density at radius 1 is 0.386 bits per heavy atom. The van der Waals surface area contributed by atoms with Crippen LogP contribution in [0, 0.1) is 0 Å². The first-order chi connectivity index (χ1) is 17.2. The predicted octanol–water partition coefficient (Wildman–Crippen LogP) is -1.68. The Bertz CT molecular complexity index is 1190. The van der Waals surface area contributed by atoms with Crippen LogP contribution < -0.4 is 37.7 Å². The van der Waals surface area contributed by atoms with Gasteiger partial charge in [0.15, 0.2) is 20.2 Å². The zero-order chi connectivity index (χ0) is 36.0. The number of rotatable bonds is 6. The zero-order valence-corrected chi connectivity index (χ0v) is 21.8. The molecular formula is C9HF21Li2O9S3. The van der Waals surface area contributed by atoms with Crippen LogP contribution in [0.25, 0.3) is 0 Å². The maximum Gasteiger partial charge on any atom is 1.00 e. The molecule has 0 fully saturated rings. The zero-order valence-electron chi connectivity index (χ0n) is 19.4. The molecule has 0 aromatic rings. The molecule has 0 bridgehead atoms. The van der Waals surface area contributed by atoms with Crippen LogP contribution >= 0.6 is 0 Å².